The van der Waals surface area contributed by atoms with Crippen LogP contribution in [0.15, 0.2) is 96.6 Å². The molecular weight excluding hydrogens is 532 g/mol. The van der Waals surface area contributed by atoms with Crippen molar-refractivity contribution in [3.63, 3.8) is 0 Å². The average molecular weight is 563 g/mol. The highest BCUT2D eigenvalue weighted by Crippen LogP contribution is 2.38. The van der Waals surface area contributed by atoms with Gasteiger partial charge in [-0.1, -0.05) is 42.5 Å². The summed E-state index contributed by atoms with van der Waals surface area (Å²) in [5.41, 5.74) is 6.62. The summed E-state index contributed by atoms with van der Waals surface area (Å²) in [6.07, 6.45) is 3.78. The Bertz CT molecular complexity index is 1760. The van der Waals surface area contributed by atoms with Crippen molar-refractivity contribution in [2.75, 3.05) is 26.5 Å². The van der Waals surface area contributed by atoms with Gasteiger partial charge in [-0.2, -0.15) is 0 Å². The minimum absolute atomic E-state index is 0.455. The van der Waals surface area contributed by atoms with Gasteiger partial charge >= 0.3 is 0 Å². The van der Waals surface area contributed by atoms with E-state index in [1.807, 2.05) is 78.3 Å². The second-order valence-corrected chi connectivity index (χ2v) is 10.7. The number of nitrogens with one attached hydrogen (secondary N) is 1. The third-order valence-electron chi connectivity index (χ3n) is 6.54. The van der Waals surface area contributed by atoms with Gasteiger partial charge < -0.3 is 19.7 Å². The van der Waals surface area contributed by atoms with Crippen LogP contribution in [0.25, 0.3) is 27.6 Å². The highest BCUT2D eigenvalue weighted by atomic mass is 32.1. The lowest BCUT2D eigenvalue weighted by Gasteiger charge is -2.13. The number of hydrogen-bond donors (Lipinski definition) is 1. The van der Waals surface area contributed by atoms with Crippen molar-refractivity contribution in [1.29, 1.82) is 0 Å². The first-order valence-electron chi connectivity index (χ1n) is 13.2. The van der Waals surface area contributed by atoms with Crippen molar-refractivity contribution in [2.45, 2.75) is 13.2 Å². The van der Waals surface area contributed by atoms with Gasteiger partial charge in [0.25, 0.3) is 0 Å². The monoisotopic (exact) mass is 562 g/mol. The largest absolute Gasteiger partial charge is 0.493 e. The second kappa shape index (κ2) is 11.8. The van der Waals surface area contributed by atoms with Gasteiger partial charge in [0, 0.05) is 35.6 Å². The molecule has 3 aromatic carbocycles. The van der Waals surface area contributed by atoms with E-state index in [1.165, 1.54) is 5.56 Å². The first-order valence-corrected chi connectivity index (χ1v) is 14.1. The second-order valence-electron chi connectivity index (χ2n) is 9.83. The van der Waals surface area contributed by atoms with E-state index in [4.69, 9.17) is 19.4 Å². The van der Waals surface area contributed by atoms with E-state index in [2.05, 4.69) is 45.8 Å². The Morgan fingerprint density at radius 1 is 0.902 bits per heavy atom. The molecule has 0 radical (unpaired) electrons. The molecule has 0 saturated carbocycles. The molecule has 0 fully saturated rings. The summed E-state index contributed by atoms with van der Waals surface area (Å²) in [5.74, 6) is 1.83. The van der Waals surface area contributed by atoms with Crippen LogP contribution < -0.4 is 14.8 Å². The van der Waals surface area contributed by atoms with Crippen molar-refractivity contribution >= 4 is 27.9 Å². The quantitative estimate of drug-likeness (QED) is 0.194. The van der Waals surface area contributed by atoms with Gasteiger partial charge in [-0.15, -0.1) is 11.3 Å². The normalized spacial score (nSPS) is 11.2. The van der Waals surface area contributed by atoms with Crippen molar-refractivity contribution in [2.24, 2.45) is 0 Å². The van der Waals surface area contributed by atoms with Crippen molar-refractivity contribution in [3.8, 4) is 34.1 Å². The fourth-order valence-corrected chi connectivity index (χ4v) is 5.35. The van der Waals surface area contributed by atoms with Gasteiger partial charge in [0.05, 0.1) is 18.5 Å². The van der Waals surface area contributed by atoms with Crippen LogP contribution in [-0.2, 0) is 13.2 Å². The number of nitrogens with zero attached hydrogens (tertiary/aromatic N) is 5. The van der Waals surface area contributed by atoms with Crippen LogP contribution in [0, 0.1) is 0 Å². The molecule has 0 bridgehead atoms. The SMILES string of the molecule is COc1cc(-c2nc3sccn3c2-c2ccnc(Nc3ccc(CN(C)C)cc3)n2)ccc1OCc1ccccc1. The average Bonchev–Trinajstić information content (AvgIpc) is 3.59. The number of anilines is 2. The molecule has 0 atom stereocenters. The third kappa shape index (κ3) is 5.91. The highest BCUT2D eigenvalue weighted by molar-refractivity contribution is 7.15. The van der Waals surface area contributed by atoms with Gasteiger partial charge in [0.1, 0.15) is 12.3 Å². The van der Waals surface area contributed by atoms with Crippen LogP contribution in [0.5, 0.6) is 11.5 Å². The minimum Gasteiger partial charge on any atom is -0.493 e. The van der Waals surface area contributed by atoms with Gasteiger partial charge in [0.2, 0.25) is 5.95 Å². The molecule has 41 heavy (non-hydrogen) atoms. The molecule has 6 aromatic rings. The lowest BCUT2D eigenvalue weighted by atomic mass is 10.1. The van der Waals surface area contributed by atoms with Gasteiger partial charge in [-0.05, 0) is 61.6 Å². The molecule has 8 nitrogen and oxygen atoms in total. The Balaban J connectivity index is 1.30. The number of fused-ring (bicyclic) bond motifs is 1. The molecule has 3 heterocycles. The topological polar surface area (TPSA) is 76.8 Å². The van der Waals surface area contributed by atoms with Crippen LogP contribution in [0.4, 0.5) is 11.6 Å². The number of ether oxygens (including phenoxy) is 2. The molecule has 3 aromatic heterocycles. The van der Waals surface area contributed by atoms with Crippen molar-refractivity contribution < 1.29 is 9.47 Å². The van der Waals surface area contributed by atoms with E-state index in [9.17, 15) is 0 Å². The zero-order valence-corrected chi connectivity index (χ0v) is 23.9. The Labute approximate surface area is 242 Å². The molecular formula is C32H30N6O2S. The minimum atomic E-state index is 0.455. The fraction of sp³-hybridized carbons (Fsp3) is 0.156. The van der Waals surface area contributed by atoms with Crippen molar-refractivity contribution in [3.05, 3.63) is 108 Å². The number of benzene rings is 3. The van der Waals surface area contributed by atoms with E-state index in [-0.39, 0.29) is 0 Å². The summed E-state index contributed by atoms with van der Waals surface area (Å²) < 4.78 is 13.9. The lowest BCUT2D eigenvalue weighted by Crippen LogP contribution is -2.10. The molecule has 0 aliphatic heterocycles. The van der Waals surface area contributed by atoms with Crippen LogP contribution >= 0.6 is 11.3 Å². The molecule has 0 amide bonds. The van der Waals surface area contributed by atoms with Crippen LogP contribution in [-0.4, -0.2) is 45.5 Å². The number of hydrogen-bond acceptors (Lipinski definition) is 8. The Hall–Kier alpha value is -4.73. The number of imidazole rings is 1. The highest BCUT2D eigenvalue weighted by Gasteiger charge is 2.20. The molecule has 6 rings (SSSR count). The Morgan fingerprint density at radius 3 is 2.51 bits per heavy atom. The Morgan fingerprint density at radius 2 is 1.73 bits per heavy atom. The summed E-state index contributed by atoms with van der Waals surface area (Å²) in [5, 5.41) is 5.36. The first kappa shape index (κ1) is 26.5. The molecule has 0 spiro atoms. The van der Waals surface area contributed by atoms with Crippen LogP contribution in [0.3, 0.4) is 0 Å². The molecule has 206 valence electrons. The van der Waals surface area contributed by atoms with E-state index >= 15 is 0 Å². The maximum Gasteiger partial charge on any atom is 0.227 e. The number of thiazole rings is 1. The standard InChI is InChI=1S/C32H30N6O2S/c1-37(2)20-22-9-12-25(13-10-22)34-31-33-16-15-26(35-31)30-29(36-32-38(30)17-18-41-32)24-11-14-27(28(19-24)39-3)40-21-23-7-5-4-6-8-23/h4-19H,20-21H2,1-3H3,(H,33,34,35). The smallest absolute Gasteiger partial charge is 0.227 e. The zero-order chi connectivity index (χ0) is 28.2. The predicted molar refractivity (Wildman–Crippen MR) is 164 cm³/mol. The number of rotatable bonds is 10. The number of methoxy groups -OCH3 is 1. The lowest BCUT2D eigenvalue weighted by molar-refractivity contribution is 0.284. The van der Waals surface area contributed by atoms with Crippen LogP contribution in [0.1, 0.15) is 11.1 Å². The molecule has 0 unspecified atom stereocenters. The third-order valence-corrected chi connectivity index (χ3v) is 7.30. The maximum atomic E-state index is 6.08. The summed E-state index contributed by atoms with van der Waals surface area (Å²) in [6, 6.07) is 26.2. The van der Waals surface area contributed by atoms with Crippen molar-refractivity contribution in [1.82, 2.24) is 24.3 Å². The zero-order valence-electron chi connectivity index (χ0n) is 23.1. The maximum absolute atomic E-state index is 6.08. The predicted octanol–water partition coefficient (Wildman–Crippen LogP) is 6.91. The summed E-state index contributed by atoms with van der Waals surface area (Å²) in [6.45, 7) is 1.34. The summed E-state index contributed by atoms with van der Waals surface area (Å²) in [4.78, 5) is 17.3. The molecule has 0 saturated heterocycles. The molecule has 0 aliphatic rings. The first-order chi connectivity index (χ1) is 20.1. The number of aromatic nitrogens is 4. The Kier molecular flexibility index (Phi) is 7.62. The fourth-order valence-electron chi connectivity index (χ4n) is 4.64. The van der Waals surface area contributed by atoms with E-state index in [0.29, 0.717) is 24.1 Å². The molecule has 9 heteroatoms. The van der Waals surface area contributed by atoms with Gasteiger partial charge in [-0.25, -0.2) is 15.0 Å². The summed E-state index contributed by atoms with van der Waals surface area (Å²) in [7, 11) is 5.77. The molecule has 0 aliphatic carbocycles. The van der Waals surface area contributed by atoms with Gasteiger partial charge in [0.15, 0.2) is 16.5 Å². The summed E-state index contributed by atoms with van der Waals surface area (Å²) >= 11 is 1.58. The van der Waals surface area contributed by atoms with Crippen LogP contribution in [0.2, 0.25) is 0 Å². The van der Waals surface area contributed by atoms with Gasteiger partial charge in [-0.3, -0.25) is 4.40 Å². The van der Waals surface area contributed by atoms with E-state index < -0.39 is 0 Å². The molecule has 1 N–H and O–H groups in total. The van der Waals surface area contributed by atoms with E-state index in [0.717, 1.165) is 45.4 Å². The van der Waals surface area contributed by atoms with E-state index in [1.54, 1.807) is 24.6 Å².